The summed E-state index contributed by atoms with van der Waals surface area (Å²) in [4.78, 5) is 9.36. The second-order valence-electron chi connectivity index (χ2n) is 1.34. The van der Waals surface area contributed by atoms with Crippen LogP contribution in [0, 0.1) is 16.5 Å². The predicted octanol–water partition coefficient (Wildman–Crippen LogP) is -0.211. The smallest absolute Gasteiger partial charge is 0.312 e. The molecule has 0 aromatic rings. The van der Waals surface area contributed by atoms with Crippen LogP contribution in [0.25, 0.3) is 0 Å². The van der Waals surface area contributed by atoms with E-state index >= 15 is 0 Å². The molecule has 1 aliphatic heterocycles. The normalized spacial score (nSPS) is 17.2. The van der Waals surface area contributed by atoms with E-state index < -0.39 is 4.92 Å². The van der Waals surface area contributed by atoms with Crippen molar-refractivity contribution >= 4 is 0 Å². The monoisotopic (exact) mass is 112 g/mol. The first kappa shape index (κ1) is 5.08. The first-order chi connectivity index (χ1) is 3.80. The third-order valence-corrected chi connectivity index (χ3v) is 0.807. The van der Waals surface area contributed by atoms with Gasteiger partial charge in [-0.3, -0.25) is 5.32 Å². The Morgan fingerprint density at radius 2 is 2.75 bits per heavy atom. The van der Waals surface area contributed by atoms with E-state index in [0.29, 0.717) is 6.54 Å². The number of rotatable bonds is 1. The van der Waals surface area contributed by atoms with E-state index in [1.165, 1.54) is 6.08 Å². The lowest BCUT2D eigenvalue weighted by Crippen LogP contribution is -2.14. The fourth-order valence-electron chi connectivity index (χ4n) is 0.458. The van der Waals surface area contributed by atoms with Crippen LogP contribution in [0.3, 0.4) is 0 Å². The summed E-state index contributed by atoms with van der Waals surface area (Å²) in [6.07, 6.45) is 3.97. The molecule has 4 nitrogen and oxygen atoms in total. The van der Waals surface area contributed by atoms with Crippen molar-refractivity contribution in [2.75, 3.05) is 6.54 Å². The van der Waals surface area contributed by atoms with E-state index in [9.17, 15) is 10.1 Å². The zero-order valence-electron chi connectivity index (χ0n) is 4.05. The molecule has 1 heterocycles. The Labute approximate surface area is 46.3 Å². The van der Waals surface area contributed by atoms with E-state index in [0.717, 1.165) is 0 Å². The Bertz CT molecular complexity index is 141. The molecule has 0 atom stereocenters. The molecule has 8 heavy (non-hydrogen) atoms. The fraction of sp³-hybridized carbons (Fsp3) is 0.250. The van der Waals surface area contributed by atoms with Gasteiger partial charge in [-0.15, -0.1) is 0 Å². The van der Waals surface area contributed by atoms with Crippen molar-refractivity contribution in [3.8, 4) is 0 Å². The largest absolute Gasteiger partial charge is 0.358 e. The summed E-state index contributed by atoms with van der Waals surface area (Å²) in [7, 11) is 0. The Kier molecular flexibility index (Phi) is 1.15. The average molecular weight is 112 g/mol. The minimum Gasteiger partial charge on any atom is -0.358 e. The van der Waals surface area contributed by atoms with Crippen LogP contribution in [0.5, 0.6) is 0 Å². The maximum absolute atomic E-state index is 9.84. The van der Waals surface area contributed by atoms with Crippen LogP contribution in [0.15, 0.2) is 11.9 Å². The molecule has 0 saturated carbocycles. The van der Waals surface area contributed by atoms with Gasteiger partial charge in [0.2, 0.25) is 0 Å². The maximum atomic E-state index is 9.84. The standard InChI is InChI=1S/C4H4N2O2/c7-6(8)4-2-1-3-5-4/h2,5H,3H2. The van der Waals surface area contributed by atoms with Gasteiger partial charge in [0, 0.05) is 6.08 Å². The molecule has 1 N–H and O–H groups in total. The average Bonchev–Trinajstić information content (AvgIpc) is 2.12. The van der Waals surface area contributed by atoms with Gasteiger partial charge < -0.3 is 10.1 Å². The summed E-state index contributed by atoms with van der Waals surface area (Å²) in [6.45, 7) is 0.455. The molecule has 0 bridgehead atoms. The van der Waals surface area contributed by atoms with E-state index in [2.05, 4.69) is 11.7 Å². The van der Waals surface area contributed by atoms with Gasteiger partial charge in [-0.1, -0.05) is 0 Å². The van der Waals surface area contributed by atoms with Gasteiger partial charge in [0.05, 0.1) is 13.0 Å². The van der Waals surface area contributed by atoms with Crippen LogP contribution in [0.4, 0.5) is 0 Å². The lowest BCUT2D eigenvalue weighted by molar-refractivity contribution is -0.430. The number of nitro groups is 1. The highest BCUT2D eigenvalue weighted by Gasteiger charge is 2.12. The van der Waals surface area contributed by atoms with Crippen LogP contribution in [0.2, 0.25) is 0 Å². The van der Waals surface area contributed by atoms with Crippen LogP contribution < -0.4 is 5.32 Å². The topological polar surface area (TPSA) is 55.2 Å². The van der Waals surface area contributed by atoms with Gasteiger partial charge in [0.15, 0.2) is 0 Å². The predicted molar refractivity (Wildman–Crippen MR) is 26.3 cm³/mol. The van der Waals surface area contributed by atoms with Gasteiger partial charge in [-0.25, -0.2) is 0 Å². The maximum Gasteiger partial charge on any atom is 0.312 e. The van der Waals surface area contributed by atoms with Gasteiger partial charge in [-0.2, -0.15) is 0 Å². The van der Waals surface area contributed by atoms with Crippen LogP contribution in [-0.2, 0) is 0 Å². The molecule has 0 unspecified atom stereocenters. The summed E-state index contributed by atoms with van der Waals surface area (Å²) in [5, 5.41) is 12.3. The molecule has 0 fully saturated rings. The first-order valence-electron chi connectivity index (χ1n) is 2.12. The zero-order chi connectivity index (χ0) is 5.98. The third-order valence-electron chi connectivity index (χ3n) is 0.807. The number of nitrogens with zero attached hydrogens (tertiary/aromatic N) is 1. The molecule has 1 rings (SSSR count). The summed E-state index contributed by atoms with van der Waals surface area (Å²) in [5.74, 6) is 0.0324. The molecule has 0 spiro atoms. The minimum absolute atomic E-state index is 0.0324. The van der Waals surface area contributed by atoms with Crippen molar-refractivity contribution in [3.63, 3.8) is 0 Å². The highest BCUT2D eigenvalue weighted by molar-refractivity contribution is 5.08. The second kappa shape index (κ2) is 1.81. The van der Waals surface area contributed by atoms with Crippen molar-refractivity contribution in [2.45, 2.75) is 0 Å². The van der Waals surface area contributed by atoms with Crippen molar-refractivity contribution in [1.29, 1.82) is 0 Å². The number of nitrogens with one attached hydrogen (secondary N) is 1. The van der Waals surface area contributed by atoms with Gasteiger partial charge >= 0.3 is 5.82 Å². The molecular formula is C4H4N2O2. The molecule has 4 heteroatoms. The minimum atomic E-state index is -0.472. The van der Waals surface area contributed by atoms with E-state index in [4.69, 9.17) is 0 Å². The molecular weight excluding hydrogens is 108 g/mol. The second-order valence-corrected chi connectivity index (χ2v) is 1.34. The van der Waals surface area contributed by atoms with Gasteiger partial charge in [0.25, 0.3) is 0 Å². The van der Waals surface area contributed by atoms with Crippen LogP contribution in [0.1, 0.15) is 0 Å². The van der Waals surface area contributed by atoms with Gasteiger partial charge in [-0.05, 0) is 4.92 Å². The highest BCUT2D eigenvalue weighted by Crippen LogP contribution is 1.98. The molecule has 1 aliphatic rings. The van der Waals surface area contributed by atoms with Crippen molar-refractivity contribution in [3.05, 3.63) is 28.4 Å². The summed E-state index contributed by atoms with van der Waals surface area (Å²) in [6, 6.07) is 0. The Morgan fingerprint density at radius 3 is 3.00 bits per heavy atom. The van der Waals surface area contributed by atoms with Crippen molar-refractivity contribution in [1.82, 2.24) is 5.32 Å². The summed E-state index contributed by atoms with van der Waals surface area (Å²) in [5.41, 5.74) is 0. The van der Waals surface area contributed by atoms with E-state index in [1.54, 1.807) is 0 Å². The molecule has 0 amide bonds. The lowest BCUT2D eigenvalue weighted by Gasteiger charge is -1.91. The van der Waals surface area contributed by atoms with Crippen molar-refractivity contribution in [2.24, 2.45) is 0 Å². The highest BCUT2D eigenvalue weighted by atomic mass is 16.6. The van der Waals surface area contributed by atoms with Crippen molar-refractivity contribution < 1.29 is 4.92 Å². The molecule has 0 aromatic heterocycles. The molecule has 0 aromatic carbocycles. The van der Waals surface area contributed by atoms with E-state index in [1.807, 2.05) is 0 Å². The Hall–Kier alpha value is -1.06. The summed E-state index contributed by atoms with van der Waals surface area (Å²) >= 11 is 0. The molecule has 0 aliphatic carbocycles. The van der Waals surface area contributed by atoms with Crippen LogP contribution in [-0.4, -0.2) is 11.5 Å². The van der Waals surface area contributed by atoms with E-state index in [-0.39, 0.29) is 5.82 Å². The molecule has 2 radical (unpaired) electrons. The summed E-state index contributed by atoms with van der Waals surface area (Å²) < 4.78 is 0. The quantitative estimate of drug-likeness (QED) is 0.377. The zero-order valence-corrected chi connectivity index (χ0v) is 4.05. The first-order valence-corrected chi connectivity index (χ1v) is 2.12. The van der Waals surface area contributed by atoms with Crippen LogP contribution >= 0.6 is 0 Å². The Morgan fingerprint density at radius 1 is 2.00 bits per heavy atom. The lowest BCUT2D eigenvalue weighted by atomic mass is 10.5. The molecule has 42 valence electrons. The third kappa shape index (κ3) is 0.776. The van der Waals surface area contributed by atoms with Gasteiger partial charge in [0.1, 0.15) is 0 Å². The molecule has 0 saturated heterocycles. The SMILES string of the molecule is O=[N+]([O-])C1=C[C]CN1. The number of hydrogen-bond acceptors (Lipinski definition) is 3. The number of hydrogen-bond donors (Lipinski definition) is 1. The fourth-order valence-corrected chi connectivity index (χ4v) is 0.458. The Balaban J connectivity index is 2.57.